The fourth-order valence-corrected chi connectivity index (χ4v) is 1.79. The third-order valence-electron chi connectivity index (χ3n) is 2.52. The molecule has 0 bridgehead atoms. The summed E-state index contributed by atoms with van der Waals surface area (Å²) in [5.74, 6) is 0. The zero-order valence-corrected chi connectivity index (χ0v) is 11.7. The molecule has 0 spiro atoms. The Morgan fingerprint density at radius 3 is 2.67 bits per heavy atom. The van der Waals surface area contributed by atoms with E-state index >= 15 is 0 Å². The molecule has 1 rings (SSSR count). The van der Waals surface area contributed by atoms with Crippen molar-refractivity contribution >= 4 is 29.1 Å². The molecule has 18 heavy (non-hydrogen) atoms. The number of nitrogens with one attached hydrogen (secondary N) is 2. The van der Waals surface area contributed by atoms with Crippen LogP contribution in [0.3, 0.4) is 0 Å². The quantitative estimate of drug-likeness (QED) is 0.594. The Bertz CT molecular complexity index is 323. The topological polar surface area (TPSA) is 66.0 Å². The minimum atomic E-state index is -0.243. The minimum Gasteiger partial charge on any atom is -0.450 e. The van der Waals surface area contributed by atoms with Crippen LogP contribution in [0.5, 0.6) is 0 Å². The Hall–Kier alpha value is -1.37. The van der Waals surface area contributed by atoms with Gasteiger partial charge in [-0.1, -0.05) is 0 Å². The Morgan fingerprint density at radius 2 is 2.11 bits per heavy atom. The summed E-state index contributed by atoms with van der Waals surface area (Å²) in [6.45, 7) is 6.25. The number of carbonyl (C=O) groups excluding carboxylic acids is 1. The second kappa shape index (κ2) is 7.86. The van der Waals surface area contributed by atoms with Crippen molar-refractivity contribution in [2.75, 3.05) is 26.2 Å². The Morgan fingerprint density at radius 1 is 1.44 bits per heavy atom. The monoisotopic (exact) mass is 272 g/mol. The van der Waals surface area contributed by atoms with Gasteiger partial charge in [-0.25, -0.2) is 4.79 Å². The number of hydrazone groups is 1. The Balaban J connectivity index is 2.32. The van der Waals surface area contributed by atoms with Crippen LogP contribution >= 0.6 is 12.2 Å². The lowest BCUT2D eigenvalue weighted by Crippen LogP contribution is -2.40. The first-order valence-corrected chi connectivity index (χ1v) is 6.59. The SMILES string of the molecule is CCNC(=S)NN=C1CCN(C(=O)OCC)CC1. The zero-order valence-electron chi connectivity index (χ0n) is 10.9. The Kier molecular flexibility index (Phi) is 6.42. The number of rotatable bonds is 3. The van der Waals surface area contributed by atoms with E-state index in [1.54, 1.807) is 11.8 Å². The number of piperidine rings is 1. The van der Waals surface area contributed by atoms with E-state index in [9.17, 15) is 4.79 Å². The molecule has 102 valence electrons. The average Bonchev–Trinajstić information content (AvgIpc) is 2.37. The molecular formula is C11H20N4O2S. The molecule has 1 aliphatic heterocycles. The van der Waals surface area contributed by atoms with Crippen LogP contribution < -0.4 is 10.7 Å². The minimum absolute atomic E-state index is 0.243. The standard InChI is InChI=1S/C11H20N4O2S/c1-3-12-10(18)14-13-9-5-7-15(8-6-9)11(16)17-4-2/h3-8H2,1-2H3,(H2,12,14,18). The predicted molar refractivity (Wildman–Crippen MR) is 74.7 cm³/mol. The van der Waals surface area contributed by atoms with Gasteiger partial charge in [-0.05, 0) is 26.1 Å². The highest BCUT2D eigenvalue weighted by Crippen LogP contribution is 2.08. The molecule has 0 aromatic heterocycles. The molecule has 1 heterocycles. The van der Waals surface area contributed by atoms with Crippen LogP contribution in [-0.4, -0.2) is 48.1 Å². The van der Waals surface area contributed by atoms with E-state index in [1.807, 2.05) is 6.92 Å². The maximum atomic E-state index is 11.5. The lowest BCUT2D eigenvalue weighted by molar-refractivity contribution is 0.107. The van der Waals surface area contributed by atoms with Crippen molar-refractivity contribution < 1.29 is 9.53 Å². The van der Waals surface area contributed by atoms with E-state index in [0.717, 1.165) is 25.1 Å². The van der Waals surface area contributed by atoms with Crippen molar-refractivity contribution in [3.8, 4) is 0 Å². The first-order valence-electron chi connectivity index (χ1n) is 6.18. The smallest absolute Gasteiger partial charge is 0.409 e. The van der Waals surface area contributed by atoms with E-state index in [2.05, 4.69) is 15.8 Å². The lowest BCUT2D eigenvalue weighted by Gasteiger charge is -2.26. The van der Waals surface area contributed by atoms with Crippen molar-refractivity contribution in [2.45, 2.75) is 26.7 Å². The molecule has 0 radical (unpaired) electrons. The highest BCUT2D eigenvalue weighted by molar-refractivity contribution is 7.80. The molecule has 2 N–H and O–H groups in total. The summed E-state index contributed by atoms with van der Waals surface area (Å²) in [5.41, 5.74) is 3.82. The van der Waals surface area contributed by atoms with Crippen LogP contribution in [0.1, 0.15) is 26.7 Å². The van der Waals surface area contributed by atoms with E-state index < -0.39 is 0 Å². The molecule has 0 aromatic rings. The fraction of sp³-hybridized carbons (Fsp3) is 0.727. The molecule has 1 amide bonds. The van der Waals surface area contributed by atoms with Crippen molar-refractivity contribution in [1.82, 2.24) is 15.6 Å². The molecule has 0 aromatic carbocycles. The third-order valence-corrected chi connectivity index (χ3v) is 2.76. The molecule has 1 saturated heterocycles. The van der Waals surface area contributed by atoms with Gasteiger partial charge in [0.25, 0.3) is 0 Å². The van der Waals surface area contributed by atoms with Crippen LogP contribution in [0.25, 0.3) is 0 Å². The number of thiocarbonyl (C=S) groups is 1. The van der Waals surface area contributed by atoms with E-state index in [-0.39, 0.29) is 6.09 Å². The molecule has 0 aliphatic carbocycles. The summed E-state index contributed by atoms with van der Waals surface area (Å²) in [4.78, 5) is 13.2. The predicted octanol–water partition coefficient (Wildman–Crippen LogP) is 1.08. The number of amides is 1. The first-order chi connectivity index (χ1) is 8.67. The van der Waals surface area contributed by atoms with E-state index in [4.69, 9.17) is 17.0 Å². The van der Waals surface area contributed by atoms with Gasteiger partial charge in [-0.3, -0.25) is 5.43 Å². The van der Waals surface area contributed by atoms with Crippen molar-refractivity contribution in [1.29, 1.82) is 0 Å². The molecule has 1 fully saturated rings. The fourth-order valence-electron chi connectivity index (χ4n) is 1.60. The number of hydrogen-bond acceptors (Lipinski definition) is 4. The highest BCUT2D eigenvalue weighted by atomic mass is 32.1. The average molecular weight is 272 g/mol. The summed E-state index contributed by atoms with van der Waals surface area (Å²) >= 11 is 5.01. The molecule has 0 unspecified atom stereocenters. The third kappa shape index (κ3) is 4.87. The van der Waals surface area contributed by atoms with Crippen LogP contribution in [0.15, 0.2) is 5.10 Å². The number of likely N-dealkylation sites (tertiary alicyclic amines) is 1. The van der Waals surface area contributed by atoms with Crippen molar-refractivity contribution in [3.05, 3.63) is 0 Å². The molecule has 0 atom stereocenters. The highest BCUT2D eigenvalue weighted by Gasteiger charge is 2.20. The number of carbonyl (C=O) groups is 1. The molecular weight excluding hydrogens is 252 g/mol. The van der Waals surface area contributed by atoms with E-state index in [0.29, 0.717) is 24.8 Å². The van der Waals surface area contributed by atoms with Crippen LogP contribution in [0, 0.1) is 0 Å². The van der Waals surface area contributed by atoms with Gasteiger partial charge in [-0.2, -0.15) is 5.10 Å². The van der Waals surface area contributed by atoms with Gasteiger partial charge in [0.15, 0.2) is 5.11 Å². The zero-order chi connectivity index (χ0) is 13.4. The largest absolute Gasteiger partial charge is 0.450 e. The van der Waals surface area contributed by atoms with Gasteiger partial charge in [-0.15, -0.1) is 0 Å². The van der Waals surface area contributed by atoms with Gasteiger partial charge in [0, 0.05) is 38.2 Å². The van der Waals surface area contributed by atoms with Gasteiger partial charge >= 0.3 is 6.09 Å². The summed E-state index contributed by atoms with van der Waals surface area (Å²) in [6, 6.07) is 0. The van der Waals surface area contributed by atoms with Crippen molar-refractivity contribution in [2.24, 2.45) is 5.10 Å². The van der Waals surface area contributed by atoms with Crippen LogP contribution in [-0.2, 0) is 4.74 Å². The number of hydrogen-bond donors (Lipinski definition) is 2. The Labute approximate surface area is 113 Å². The summed E-state index contributed by atoms with van der Waals surface area (Å²) < 4.78 is 4.95. The van der Waals surface area contributed by atoms with Crippen LogP contribution in [0.4, 0.5) is 4.79 Å². The van der Waals surface area contributed by atoms with Gasteiger partial charge in [0.05, 0.1) is 6.61 Å². The van der Waals surface area contributed by atoms with Crippen molar-refractivity contribution in [3.63, 3.8) is 0 Å². The van der Waals surface area contributed by atoms with Gasteiger partial charge in [0.2, 0.25) is 0 Å². The molecule has 6 nitrogen and oxygen atoms in total. The van der Waals surface area contributed by atoms with Gasteiger partial charge < -0.3 is 15.0 Å². The number of nitrogens with zero attached hydrogens (tertiary/aromatic N) is 2. The van der Waals surface area contributed by atoms with Crippen LogP contribution in [0.2, 0.25) is 0 Å². The maximum Gasteiger partial charge on any atom is 0.409 e. The molecule has 0 saturated carbocycles. The first kappa shape index (κ1) is 14.7. The normalized spacial score (nSPS) is 15.0. The summed E-state index contributed by atoms with van der Waals surface area (Å²) in [6.07, 6.45) is 1.26. The second-order valence-corrected chi connectivity index (χ2v) is 4.24. The van der Waals surface area contributed by atoms with E-state index in [1.165, 1.54) is 0 Å². The summed E-state index contributed by atoms with van der Waals surface area (Å²) in [5, 5.41) is 7.71. The second-order valence-electron chi connectivity index (χ2n) is 3.84. The molecule has 1 aliphatic rings. The van der Waals surface area contributed by atoms with Gasteiger partial charge in [0.1, 0.15) is 0 Å². The maximum absolute atomic E-state index is 11.5. The molecule has 7 heteroatoms. The number of ether oxygens (including phenoxy) is 1. The summed E-state index contributed by atoms with van der Waals surface area (Å²) in [7, 11) is 0. The lowest BCUT2D eigenvalue weighted by atomic mass is 10.1.